The molecule has 0 radical (unpaired) electrons. The Morgan fingerprint density at radius 2 is 1.84 bits per heavy atom. The number of carbonyl (C=O) groups is 3. The fraction of sp³-hybridized carbons (Fsp3) is 0.526. The number of amides is 3. The van der Waals surface area contributed by atoms with Gasteiger partial charge in [-0.05, 0) is 37.0 Å². The molecule has 1 heterocycles. The maximum absolute atomic E-state index is 12.4. The number of likely N-dealkylation sites (tertiary alicyclic amines) is 1. The van der Waals surface area contributed by atoms with Gasteiger partial charge in [0, 0.05) is 24.5 Å². The summed E-state index contributed by atoms with van der Waals surface area (Å²) < 4.78 is 0. The summed E-state index contributed by atoms with van der Waals surface area (Å²) in [4.78, 5) is 38.0. The molecule has 2 fully saturated rings. The molecule has 1 aromatic carbocycles. The molecule has 134 valence electrons. The van der Waals surface area contributed by atoms with Crippen LogP contribution in [0.5, 0.6) is 0 Å². The van der Waals surface area contributed by atoms with E-state index in [1.807, 2.05) is 24.3 Å². The van der Waals surface area contributed by atoms with E-state index in [1.165, 1.54) is 4.90 Å². The van der Waals surface area contributed by atoms with Crippen LogP contribution in [-0.2, 0) is 20.8 Å². The summed E-state index contributed by atoms with van der Waals surface area (Å²) in [7, 11) is 0. The van der Waals surface area contributed by atoms with Crippen LogP contribution in [0.2, 0.25) is 5.02 Å². The fourth-order valence-electron chi connectivity index (χ4n) is 3.79. The second-order valence-corrected chi connectivity index (χ2v) is 7.24. The summed E-state index contributed by atoms with van der Waals surface area (Å²) in [5, 5.41) is 3.51. The highest BCUT2D eigenvalue weighted by Crippen LogP contribution is 2.37. The molecule has 25 heavy (non-hydrogen) atoms. The molecule has 0 bridgehead atoms. The Bertz CT molecular complexity index is 652. The number of benzene rings is 1. The van der Waals surface area contributed by atoms with E-state index in [4.69, 9.17) is 11.6 Å². The molecular weight excluding hydrogens is 340 g/mol. The molecule has 5 nitrogen and oxygen atoms in total. The second kappa shape index (κ2) is 8.00. The molecule has 2 aliphatic rings. The van der Waals surface area contributed by atoms with Crippen LogP contribution < -0.4 is 5.32 Å². The average Bonchev–Trinajstić information content (AvgIpc) is 2.85. The zero-order valence-corrected chi connectivity index (χ0v) is 14.9. The Labute approximate surface area is 152 Å². The summed E-state index contributed by atoms with van der Waals surface area (Å²) in [6.45, 7) is 0.694. The Balaban J connectivity index is 1.43. The third kappa shape index (κ3) is 4.21. The predicted molar refractivity (Wildman–Crippen MR) is 95.0 cm³/mol. The molecule has 0 unspecified atom stereocenters. The van der Waals surface area contributed by atoms with E-state index >= 15 is 0 Å². The monoisotopic (exact) mass is 362 g/mol. The zero-order chi connectivity index (χ0) is 17.8. The molecule has 1 saturated heterocycles. The van der Waals surface area contributed by atoms with Gasteiger partial charge in [0.25, 0.3) is 0 Å². The number of fused-ring (bicyclic) bond motifs is 1. The van der Waals surface area contributed by atoms with Gasteiger partial charge in [-0.2, -0.15) is 0 Å². The molecular formula is C19H23ClN2O3. The molecule has 3 rings (SSSR count). The van der Waals surface area contributed by atoms with Crippen molar-refractivity contribution in [1.82, 2.24) is 10.2 Å². The lowest BCUT2D eigenvalue weighted by atomic mass is 9.81. The molecule has 0 spiro atoms. The summed E-state index contributed by atoms with van der Waals surface area (Å²) in [5.74, 6) is -0.598. The Morgan fingerprint density at radius 3 is 2.48 bits per heavy atom. The minimum absolute atomic E-state index is 0.0820. The summed E-state index contributed by atoms with van der Waals surface area (Å²) in [6, 6.07) is 7.52. The lowest BCUT2D eigenvalue weighted by Crippen LogP contribution is -2.35. The molecule has 1 N–H and O–H groups in total. The molecule has 3 amide bonds. The molecule has 1 aromatic rings. The van der Waals surface area contributed by atoms with Gasteiger partial charge in [0.05, 0.1) is 11.8 Å². The first-order valence-corrected chi connectivity index (χ1v) is 9.30. The van der Waals surface area contributed by atoms with Crippen molar-refractivity contribution in [3.63, 3.8) is 0 Å². The Hall–Kier alpha value is -1.88. The van der Waals surface area contributed by atoms with Gasteiger partial charge in [0.1, 0.15) is 0 Å². The van der Waals surface area contributed by atoms with Crippen molar-refractivity contribution in [2.45, 2.75) is 38.5 Å². The quantitative estimate of drug-likeness (QED) is 0.791. The number of rotatable bonds is 6. The SMILES string of the molecule is O=C(CCN1C(=O)[C@@H]2CCCC[C@H]2C1=O)NCCc1cccc(Cl)c1. The number of hydrogen-bond donors (Lipinski definition) is 1. The smallest absolute Gasteiger partial charge is 0.233 e. The number of nitrogens with one attached hydrogen (secondary N) is 1. The van der Waals surface area contributed by atoms with E-state index in [1.54, 1.807) is 0 Å². The second-order valence-electron chi connectivity index (χ2n) is 6.81. The van der Waals surface area contributed by atoms with Crippen molar-refractivity contribution in [3.8, 4) is 0 Å². The number of hydrogen-bond acceptors (Lipinski definition) is 3. The molecule has 1 saturated carbocycles. The maximum atomic E-state index is 12.4. The number of nitrogens with zero attached hydrogens (tertiary/aromatic N) is 1. The predicted octanol–water partition coefficient (Wildman–Crippen LogP) is 2.56. The van der Waals surface area contributed by atoms with Crippen molar-refractivity contribution in [1.29, 1.82) is 0 Å². The normalized spacial score (nSPS) is 22.8. The van der Waals surface area contributed by atoms with Crippen LogP contribution in [-0.4, -0.2) is 35.7 Å². The zero-order valence-electron chi connectivity index (χ0n) is 14.2. The third-order valence-corrected chi connectivity index (χ3v) is 5.35. The van der Waals surface area contributed by atoms with Gasteiger partial charge in [0.2, 0.25) is 17.7 Å². The van der Waals surface area contributed by atoms with Crippen LogP contribution in [0, 0.1) is 11.8 Å². The first-order valence-electron chi connectivity index (χ1n) is 8.92. The van der Waals surface area contributed by atoms with Crippen molar-refractivity contribution in [2.75, 3.05) is 13.1 Å². The highest BCUT2D eigenvalue weighted by Gasteiger charge is 2.47. The van der Waals surface area contributed by atoms with Gasteiger partial charge in [-0.3, -0.25) is 19.3 Å². The van der Waals surface area contributed by atoms with Gasteiger partial charge in [-0.1, -0.05) is 36.6 Å². The molecule has 1 aliphatic heterocycles. The lowest BCUT2D eigenvalue weighted by Gasteiger charge is -2.19. The molecule has 6 heteroatoms. The van der Waals surface area contributed by atoms with Crippen molar-refractivity contribution in [2.24, 2.45) is 11.8 Å². The minimum atomic E-state index is -0.146. The van der Waals surface area contributed by atoms with Crippen LogP contribution in [0.15, 0.2) is 24.3 Å². The van der Waals surface area contributed by atoms with Gasteiger partial charge in [-0.15, -0.1) is 0 Å². The highest BCUT2D eigenvalue weighted by atomic mass is 35.5. The Morgan fingerprint density at radius 1 is 1.16 bits per heavy atom. The van der Waals surface area contributed by atoms with E-state index in [9.17, 15) is 14.4 Å². The first kappa shape index (κ1) is 17.9. The average molecular weight is 363 g/mol. The van der Waals surface area contributed by atoms with Crippen LogP contribution in [0.3, 0.4) is 0 Å². The summed E-state index contributed by atoms with van der Waals surface area (Å²) in [6.07, 6.45) is 4.48. The van der Waals surface area contributed by atoms with E-state index in [0.29, 0.717) is 18.0 Å². The maximum Gasteiger partial charge on any atom is 0.233 e. The largest absolute Gasteiger partial charge is 0.356 e. The van der Waals surface area contributed by atoms with E-state index in [0.717, 1.165) is 31.2 Å². The van der Waals surface area contributed by atoms with Crippen LogP contribution in [0.25, 0.3) is 0 Å². The van der Waals surface area contributed by atoms with Crippen molar-refractivity contribution < 1.29 is 14.4 Å². The molecule has 1 aliphatic carbocycles. The van der Waals surface area contributed by atoms with Gasteiger partial charge < -0.3 is 5.32 Å². The van der Waals surface area contributed by atoms with E-state index in [-0.39, 0.29) is 42.5 Å². The third-order valence-electron chi connectivity index (χ3n) is 5.12. The number of imide groups is 1. The standard InChI is InChI=1S/C19H23ClN2O3/c20-14-5-3-4-13(12-14)8-10-21-17(23)9-11-22-18(24)15-6-1-2-7-16(15)19(22)25/h3-5,12,15-16H,1-2,6-11H2,(H,21,23)/t15-,16-/m1/s1. The number of carbonyl (C=O) groups excluding carboxylic acids is 3. The summed E-state index contributed by atoms with van der Waals surface area (Å²) in [5.41, 5.74) is 1.06. The first-order chi connectivity index (χ1) is 12.1. The topological polar surface area (TPSA) is 66.5 Å². The minimum Gasteiger partial charge on any atom is -0.356 e. The van der Waals surface area contributed by atoms with Crippen LogP contribution >= 0.6 is 11.6 Å². The van der Waals surface area contributed by atoms with Gasteiger partial charge in [-0.25, -0.2) is 0 Å². The van der Waals surface area contributed by atoms with E-state index < -0.39 is 0 Å². The molecule has 2 atom stereocenters. The molecule has 0 aromatic heterocycles. The summed E-state index contributed by atoms with van der Waals surface area (Å²) >= 11 is 5.93. The van der Waals surface area contributed by atoms with Crippen LogP contribution in [0.4, 0.5) is 0 Å². The lowest BCUT2D eigenvalue weighted by molar-refractivity contribution is -0.140. The van der Waals surface area contributed by atoms with Crippen molar-refractivity contribution in [3.05, 3.63) is 34.9 Å². The van der Waals surface area contributed by atoms with Gasteiger partial charge >= 0.3 is 0 Å². The van der Waals surface area contributed by atoms with Gasteiger partial charge in [0.15, 0.2) is 0 Å². The van der Waals surface area contributed by atoms with E-state index in [2.05, 4.69) is 5.32 Å². The van der Waals surface area contributed by atoms with Crippen LogP contribution in [0.1, 0.15) is 37.7 Å². The number of halogens is 1. The highest BCUT2D eigenvalue weighted by molar-refractivity contribution is 6.30. The fourth-order valence-corrected chi connectivity index (χ4v) is 4.00. The Kier molecular flexibility index (Phi) is 5.74. The van der Waals surface area contributed by atoms with Crippen molar-refractivity contribution >= 4 is 29.3 Å².